The summed E-state index contributed by atoms with van der Waals surface area (Å²) in [5.74, 6) is 0.740. The van der Waals surface area contributed by atoms with E-state index in [2.05, 4.69) is 20.7 Å². The summed E-state index contributed by atoms with van der Waals surface area (Å²) < 4.78 is 5.02. The van der Waals surface area contributed by atoms with Crippen LogP contribution >= 0.6 is 0 Å². The highest BCUT2D eigenvalue weighted by Gasteiger charge is 2.00. The Balaban J connectivity index is 2.21. The molecule has 0 radical (unpaired) electrons. The number of azide groups is 1. The van der Waals surface area contributed by atoms with Gasteiger partial charge in [-0.15, -0.1) is 0 Å². The maximum atomic E-state index is 11.5. The fourth-order valence-electron chi connectivity index (χ4n) is 1.40. The van der Waals surface area contributed by atoms with Gasteiger partial charge in [0.1, 0.15) is 5.75 Å². The predicted octanol–water partition coefficient (Wildman–Crippen LogP) is 2.91. The van der Waals surface area contributed by atoms with Crippen molar-refractivity contribution in [2.75, 3.05) is 25.5 Å². The number of carbonyl (C=O) groups excluding carboxylic acids is 1. The average Bonchev–Trinajstić information content (AvgIpc) is 2.43. The summed E-state index contributed by atoms with van der Waals surface area (Å²) in [5.41, 5.74) is 8.78. The fourth-order valence-corrected chi connectivity index (χ4v) is 1.40. The van der Waals surface area contributed by atoms with Gasteiger partial charge in [0.2, 0.25) is 0 Å². The first-order valence-corrected chi connectivity index (χ1v) is 5.96. The lowest BCUT2D eigenvalue weighted by atomic mass is 10.3. The third-order valence-electron chi connectivity index (χ3n) is 2.38. The van der Waals surface area contributed by atoms with Crippen LogP contribution in [0, 0.1) is 0 Å². The van der Waals surface area contributed by atoms with Gasteiger partial charge < -0.3 is 15.4 Å². The lowest BCUT2D eigenvalue weighted by molar-refractivity contribution is 0.252. The van der Waals surface area contributed by atoms with Gasteiger partial charge in [0, 0.05) is 23.7 Å². The summed E-state index contributed by atoms with van der Waals surface area (Å²) in [4.78, 5) is 14.2. The smallest absolute Gasteiger partial charge is 0.319 e. The summed E-state index contributed by atoms with van der Waals surface area (Å²) in [6, 6.07) is 6.82. The van der Waals surface area contributed by atoms with Crippen LogP contribution in [-0.2, 0) is 0 Å². The Morgan fingerprint density at radius 2 is 2.11 bits per heavy atom. The molecule has 0 aliphatic carbocycles. The SMILES string of the molecule is COc1ccc(NC(=O)NCCCCN=[N+]=[N-])cc1. The molecule has 0 aliphatic heterocycles. The molecule has 19 heavy (non-hydrogen) atoms. The lowest BCUT2D eigenvalue weighted by Crippen LogP contribution is -2.29. The van der Waals surface area contributed by atoms with Gasteiger partial charge in [-0.25, -0.2) is 4.79 Å². The van der Waals surface area contributed by atoms with E-state index < -0.39 is 0 Å². The van der Waals surface area contributed by atoms with Gasteiger partial charge in [-0.1, -0.05) is 5.11 Å². The van der Waals surface area contributed by atoms with Crippen LogP contribution in [0.25, 0.3) is 10.4 Å². The number of nitrogens with zero attached hydrogens (tertiary/aromatic N) is 3. The molecular formula is C12H17N5O2. The monoisotopic (exact) mass is 263 g/mol. The minimum Gasteiger partial charge on any atom is -0.497 e. The number of ether oxygens (including phenoxy) is 1. The summed E-state index contributed by atoms with van der Waals surface area (Å²) in [6.07, 6.45) is 1.53. The van der Waals surface area contributed by atoms with Gasteiger partial charge in [-0.05, 0) is 42.6 Å². The molecule has 0 unspecified atom stereocenters. The van der Waals surface area contributed by atoms with E-state index in [1.807, 2.05) is 0 Å². The number of nitrogens with one attached hydrogen (secondary N) is 2. The molecule has 7 heteroatoms. The topological polar surface area (TPSA) is 99.1 Å². The molecule has 0 atom stereocenters. The Kier molecular flexibility index (Phi) is 6.68. The molecule has 0 saturated carbocycles. The average molecular weight is 263 g/mol. The van der Waals surface area contributed by atoms with Gasteiger partial charge in [0.25, 0.3) is 0 Å². The normalized spacial score (nSPS) is 9.32. The number of methoxy groups -OCH3 is 1. The van der Waals surface area contributed by atoms with Gasteiger partial charge >= 0.3 is 6.03 Å². The van der Waals surface area contributed by atoms with Crippen molar-refractivity contribution < 1.29 is 9.53 Å². The Labute approximate surface area is 111 Å². The number of anilines is 1. The minimum absolute atomic E-state index is 0.256. The molecule has 2 amide bonds. The van der Waals surface area contributed by atoms with Crippen molar-refractivity contribution >= 4 is 11.7 Å². The molecule has 0 aliphatic rings. The van der Waals surface area contributed by atoms with Crippen LogP contribution in [-0.4, -0.2) is 26.2 Å². The molecule has 0 spiro atoms. The quantitative estimate of drug-likeness (QED) is 0.342. The molecule has 0 aromatic heterocycles. The van der Waals surface area contributed by atoms with Crippen molar-refractivity contribution in [1.29, 1.82) is 0 Å². The summed E-state index contributed by atoms with van der Waals surface area (Å²) in [5, 5.41) is 8.84. The zero-order valence-corrected chi connectivity index (χ0v) is 10.8. The number of urea groups is 1. The molecule has 1 aromatic rings. The first-order valence-electron chi connectivity index (χ1n) is 5.96. The number of amides is 2. The number of benzene rings is 1. The number of rotatable bonds is 7. The largest absolute Gasteiger partial charge is 0.497 e. The van der Waals surface area contributed by atoms with Crippen molar-refractivity contribution in [2.24, 2.45) is 5.11 Å². The first kappa shape index (κ1) is 14.7. The predicted molar refractivity (Wildman–Crippen MR) is 73.3 cm³/mol. The number of unbranched alkanes of at least 4 members (excludes halogenated alkanes) is 1. The van der Waals surface area contributed by atoms with E-state index >= 15 is 0 Å². The molecule has 0 heterocycles. The third kappa shape index (κ3) is 6.18. The Bertz CT molecular complexity index is 440. The highest BCUT2D eigenvalue weighted by atomic mass is 16.5. The van der Waals surface area contributed by atoms with Crippen LogP contribution in [0.2, 0.25) is 0 Å². The molecule has 1 rings (SSSR count). The van der Waals surface area contributed by atoms with Crippen LogP contribution < -0.4 is 15.4 Å². The molecule has 7 nitrogen and oxygen atoms in total. The van der Waals surface area contributed by atoms with Gasteiger partial charge in [-0.3, -0.25) is 0 Å². The maximum absolute atomic E-state index is 11.5. The van der Waals surface area contributed by atoms with Gasteiger partial charge in [0.05, 0.1) is 7.11 Å². The van der Waals surface area contributed by atoms with Crippen LogP contribution in [0.15, 0.2) is 29.4 Å². The second kappa shape index (κ2) is 8.66. The van der Waals surface area contributed by atoms with Gasteiger partial charge in [-0.2, -0.15) is 0 Å². The summed E-state index contributed by atoms with van der Waals surface area (Å²) in [7, 11) is 1.59. The van der Waals surface area contributed by atoms with Crippen LogP contribution in [0.5, 0.6) is 5.75 Å². The molecule has 0 saturated heterocycles. The first-order chi connectivity index (χ1) is 9.26. The van der Waals surface area contributed by atoms with Crippen molar-refractivity contribution in [2.45, 2.75) is 12.8 Å². The van der Waals surface area contributed by atoms with E-state index in [-0.39, 0.29) is 6.03 Å². The highest BCUT2D eigenvalue weighted by Crippen LogP contribution is 2.14. The van der Waals surface area contributed by atoms with Crippen molar-refractivity contribution in [3.8, 4) is 5.75 Å². The van der Waals surface area contributed by atoms with Crippen LogP contribution in [0.4, 0.5) is 10.5 Å². The van der Waals surface area contributed by atoms with Crippen molar-refractivity contribution in [3.05, 3.63) is 34.7 Å². The Morgan fingerprint density at radius 1 is 1.37 bits per heavy atom. The Morgan fingerprint density at radius 3 is 2.74 bits per heavy atom. The molecule has 2 N–H and O–H groups in total. The van der Waals surface area contributed by atoms with E-state index in [0.717, 1.165) is 18.6 Å². The molecule has 0 bridgehead atoms. The molecule has 1 aromatic carbocycles. The minimum atomic E-state index is -0.256. The Hall–Kier alpha value is -2.40. The van der Waals surface area contributed by atoms with Crippen LogP contribution in [0.1, 0.15) is 12.8 Å². The van der Waals surface area contributed by atoms with E-state index in [9.17, 15) is 4.79 Å². The number of hydrogen-bond acceptors (Lipinski definition) is 3. The van der Waals surface area contributed by atoms with Gasteiger partial charge in [0.15, 0.2) is 0 Å². The lowest BCUT2D eigenvalue weighted by Gasteiger charge is -2.07. The molecular weight excluding hydrogens is 246 g/mol. The van der Waals surface area contributed by atoms with Crippen molar-refractivity contribution in [1.82, 2.24) is 5.32 Å². The van der Waals surface area contributed by atoms with E-state index in [1.165, 1.54) is 0 Å². The standard InChI is InChI=1S/C12H17N5O2/c1-19-11-6-4-10(5-7-11)16-12(18)14-8-2-3-9-15-17-13/h4-7H,2-3,8-9H2,1H3,(H2,14,16,18). The summed E-state index contributed by atoms with van der Waals surface area (Å²) >= 11 is 0. The fraction of sp³-hybridized carbons (Fsp3) is 0.417. The van der Waals surface area contributed by atoms with Crippen LogP contribution in [0.3, 0.4) is 0 Å². The number of hydrogen-bond donors (Lipinski definition) is 2. The van der Waals surface area contributed by atoms with E-state index in [0.29, 0.717) is 18.8 Å². The summed E-state index contributed by atoms with van der Waals surface area (Å²) in [6.45, 7) is 1.00. The van der Waals surface area contributed by atoms with E-state index in [4.69, 9.17) is 10.3 Å². The number of carbonyl (C=O) groups is 1. The maximum Gasteiger partial charge on any atom is 0.319 e. The zero-order chi connectivity index (χ0) is 13.9. The second-order valence-corrected chi connectivity index (χ2v) is 3.77. The third-order valence-corrected chi connectivity index (χ3v) is 2.38. The van der Waals surface area contributed by atoms with E-state index in [1.54, 1.807) is 31.4 Å². The molecule has 102 valence electrons. The second-order valence-electron chi connectivity index (χ2n) is 3.77. The highest BCUT2D eigenvalue weighted by molar-refractivity contribution is 5.89. The zero-order valence-electron chi connectivity index (χ0n) is 10.8. The van der Waals surface area contributed by atoms with Crippen molar-refractivity contribution in [3.63, 3.8) is 0 Å². The molecule has 0 fully saturated rings.